The standard InChI is InChI=1S/C9H15NO2.ClH/c10-7-4-6(5-8(11)12)9(7)2-1-3-9;/h6-7H,1-5,10H2,(H,11,12);1H. The first-order chi connectivity index (χ1) is 5.65. The van der Waals surface area contributed by atoms with Crippen molar-refractivity contribution in [1.29, 1.82) is 0 Å². The van der Waals surface area contributed by atoms with E-state index in [0.29, 0.717) is 12.3 Å². The van der Waals surface area contributed by atoms with Crippen LogP contribution in [-0.2, 0) is 4.79 Å². The lowest BCUT2D eigenvalue weighted by atomic mass is 9.46. The highest BCUT2D eigenvalue weighted by atomic mass is 35.5. The molecule has 1 spiro atoms. The lowest BCUT2D eigenvalue weighted by molar-refractivity contribution is -0.146. The molecule has 2 fully saturated rings. The molecular weight excluding hydrogens is 190 g/mol. The summed E-state index contributed by atoms with van der Waals surface area (Å²) in [6.45, 7) is 0. The maximum atomic E-state index is 10.5. The molecule has 2 aliphatic carbocycles. The van der Waals surface area contributed by atoms with Gasteiger partial charge in [0.25, 0.3) is 0 Å². The number of hydrogen-bond acceptors (Lipinski definition) is 2. The fourth-order valence-corrected chi connectivity index (χ4v) is 2.78. The summed E-state index contributed by atoms with van der Waals surface area (Å²) in [6, 6.07) is 0.288. The zero-order chi connectivity index (χ0) is 8.77. The first-order valence-electron chi connectivity index (χ1n) is 4.62. The molecule has 2 atom stereocenters. The second kappa shape index (κ2) is 3.46. The molecule has 0 heterocycles. The fraction of sp³-hybridized carbons (Fsp3) is 0.889. The molecule has 76 valence electrons. The van der Waals surface area contributed by atoms with Gasteiger partial charge in [0.05, 0.1) is 0 Å². The Morgan fingerprint density at radius 3 is 2.46 bits per heavy atom. The van der Waals surface area contributed by atoms with E-state index in [1.807, 2.05) is 0 Å². The Hall–Kier alpha value is -0.280. The van der Waals surface area contributed by atoms with Crippen molar-refractivity contribution in [3.8, 4) is 0 Å². The normalized spacial score (nSPS) is 34.2. The number of nitrogens with two attached hydrogens (primary N) is 1. The Bertz CT molecular complexity index is 216. The van der Waals surface area contributed by atoms with Crippen LogP contribution in [0.1, 0.15) is 32.1 Å². The number of rotatable bonds is 2. The van der Waals surface area contributed by atoms with Gasteiger partial charge in [-0.1, -0.05) is 6.42 Å². The molecule has 0 amide bonds. The Labute approximate surface area is 84.1 Å². The molecule has 2 unspecified atom stereocenters. The van der Waals surface area contributed by atoms with Crippen molar-refractivity contribution < 1.29 is 9.90 Å². The van der Waals surface area contributed by atoms with E-state index in [2.05, 4.69) is 0 Å². The summed E-state index contributed by atoms with van der Waals surface area (Å²) < 4.78 is 0. The third-order valence-corrected chi connectivity index (χ3v) is 3.80. The van der Waals surface area contributed by atoms with Crippen molar-refractivity contribution in [2.45, 2.75) is 38.1 Å². The van der Waals surface area contributed by atoms with Crippen molar-refractivity contribution in [2.75, 3.05) is 0 Å². The molecule has 0 aromatic rings. The molecule has 3 N–H and O–H groups in total. The number of carboxylic acid groups (broad SMARTS) is 1. The summed E-state index contributed by atoms with van der Waals surface area (Å²) in [7, 11) is 0. The number of halogens is 1. The van der Waals surface area contributed by atoms with E-state index < -0.39 is 5.97 Å². The number of carboxylic acids is 1. The van der Waals surface area contributed by atoms with Gasteiger partial charge in [-0.2, -0.15) is 0 Å². The van der Waals surface area contributed by atoms with E-state index in [1.54, 1.807) is 0 Å². The lowest BCUT2D eigenvalue weighted by Crippen LogP contribution is -2.61. The van der Waals surface area contributed by atoms with E-state index in [0.717, 1.165) is 19.3 Å². The minimum Gasteiger partial charge on any atom is -0.481 e. The van der Waals surface area contributed by atoms with Gasteiger partial charge in [-0.15, -0.1) is 12.4 Å². The molecule has 3 nitrogen and oxygen atoms in total. The van der Waals surface area contributed by atoms with Gasteiger partial charge in [-0.05, 0) is 30.6 Å². The Morgan fingerprint density at radius 2 is 2.15 bits per heavy atom. The average molecular weight is 206 g/mol. The van der Waals surface area contributed by atoms with E-state index in [1.165, 1.54) is 6.42 Å². The largest absolute Gasteiger partial charge is 0.481 e. The van der Waals surface area contributed by atoms with Gasteiger partial charge < -0.3 is 10.8 Å². The highest BCUT2D eigenvalue weighted by Crippen LogP contribution is 2.59. The summed E-state index contributed by atoms with van der Waals surface area (Å²) >= 11 is 0. The first-order valence-corrected chi connectivity index (χ1v) is 4.62. The smallest absolute Gasteiger partial charge is 0.303 e. The highest BCUT2D eigenvalue weighted by molar-refractivity contribution is 5.85. The van der Waals surface area contributed by atoms with Crippen LogP contribution in [0.2, 0.25) is 0 Å². The molecule has 13 heavy (non-hydrogen) atoms. The van der Waals surface area contributed by atoms with Crippen LogP contribution in [0.15, 0.2) is 0 Å². The van der Waals surface area contributed by atoms with Crippen LogP contribution >= 0.6 is 12.4 Å². The van der Waals surface area contributed by atoms with Gasteiger partial charge in [0, 0.05) is 12.5 Å². The molecular formula is C9H16ClNO2. The first kappa shape index (κ1) is 10.8. The third-order valence-electron chi connectivity index (χ3n) is 3.80. The third kappa shape index (κ3) is 1.44. The Kier molecular flexibility index (Phi) is 2.88. The SMILES string of the molecule is Cl.NC1CC(CC(=O)O)C12CCC2. The molecule has 0 bridgehead atoms. The summed E-state index contributed by atoms with van der Waals surface area (Å²) in [5.41, 5.74) is 6.14. The zero-order valence-electron chi connectivity index (χ0n) is 7.53. The number of aliphatic carboxylic acids is 1. The minimum atomic E-state index is -0.668. The quantitative estimate of drug-likeness (QED) is 0.717. The summed E-state index contributed by atoms with van der Waals surface area (Å²) in [5.74, 6) is -0.295. The summed E-state index contributed by atoms with van der Waals surface area (Å²) in [6.07, 6.45) is 4.81. The highest BCUT2D eigenvalue weighted by Gasteiger charge is 2.56. The van der Waals surface area contributed by atoms with Crippen molar-refractivity contribution >= 4 is 18.4 Å². The van der Waals surface area contributed by atoms with Crippen LogP contribution in [0.3, 0.4) is 0 Å². The van der Waals surface area contributed by atoms with Gasteiger partial charge in [0.1, 0.15) is 0 Å². The molecule has 2 saturated carbocycles. The second-order valence-corrected chi connectivity index (χ2v) is 4.22. The molecule has 2 rings (SSSR count). The Morgan fingerprint density at radius 1 is 1.54 bits per heavy atom. The molecule has 4 heteroatoms. The maximum absolute atomic E-state index is 10.5. The molecule has 0 saturated heterocycles. The van der Waals surface area contributed by atoms with Crippen LogP contribution in [0, 0.1) is 11.3 Å². The number of hydrogen-bond donors (Lipinski definition) is 2. The topological polar surface area (TPSA) is 63.3 Å². The van der Waals surface area contributed by atoms with Crippen molar-refractivity contribution in [3.63, 3.8) is 0 Å². The molecule has 0 aromatic carbocycles. The van der Waals surface area contributed by atoms with E-state index in [4.69, 9.17) is 10.8 Å². The molecule has 0 radical (unpaired) electrons. The van der Waals surface area contributed by atoms with Crippen LogP contribution in [0.4, 0.5) is 0 Å². The second-order valence-electron chi connectivity index (χ2n) is 4.22. The maximum Gasteiger partial charge on any atom is 0.303 e. The van der Waals surface area contributed by atoms with Gasteiger partial charge in [0.15, 0.2) is 0 Å². The average Bonchev–Trinajstić information content (AvgIpc) is 1.81. The fourth-order valence-electron chi connectivity index (χ4n) is 2.78. The Balaban J connectivity index is 0.000000845. The zero-order valence-corrected chi connectivity index (χ0v) is 8.35. The summed E-state index contributed by atoms with van der Waals surface area (Å²) in [4.78, 5) is 10.5. The van der Waals surface area contributed by atoms with Crippen LogP contribution in [-0.4, -0.2) is 17.1 Å². The van der Waals surface area contributed by atoms with E-state index in [9.17, 15) is 4.79 Å². The van der Waals surface area contributed by atoms with Crippen molar-refractivity contribution in [3.05, 3.63) is 0 Å². The molecule has 2 aliphatic rings. The van der Waals surface area contributed by atoms with Crippen LogP contribution in [0.25, 0.3) is 0 Å². The lowest BCUT2D eigenvalue weighted by Gasteiger charge is -2.60. The predicted octanol–water partition coefficient (Wildman–Crippen LogP) is 1.40. The summed E-state index contributed by atoms with van der Waals surface area (Å²) in [5, 5.41) is 8.65. The van der Waals surface area contributed by atoms with Gasteiger partial charge in [0.2, 0.25) is 0 Å². The van der Waals surface area contributed by atoms with Crippen LogP contribution < -0.4 is 5.73 Å². The van der Waals surface area contributed by atoms with Crippen molar-refractivity contribution in [1.82, 2.24) is 0 Å². The molecule has 0 aromatic heterocycles. The van der Waals surface area contributed by atoms with Crippen LogP contribution in [0.5, 0.6) is 0 Å². The van der Waals surface area contributed by atoms with Crippen molar-refractivity contribution in [2.24, 2.45) is 17.1 Å². The predicted molar refractivity (Wildman–Crippen MR) is 51.9 cm³/mol. The van der Waals surface area contributed by atoms with E-state index >= 15 is 0 Å². The van der Waals surface area contributed by atoms with E-state index in [-0.39, 0.29) is 23.9 Å². The van der Waals surface area contributed by atoms with Gasteiger partial charge in [-0.3, -0.25) is 4.79 Å². The van der Waals surface area contributed by atoms with Gasteiger partial charge in [-0.25, -0.2) is 0 Å². The monoisotopic (exact) mass is 205 g/mol. The minimum absolute atomic E-state index is 0. The van der Waals surface area contributed by atoms with Gasteiger partial charge >= 0.3 is 5.97 Å². The number of carbonyl (C=O) groups is 1. The molecule has 0 aliphatic heterocycles.